The zero-order valence-corrected chi connectivity index (χ0v) is 22.8. The number of hydrogen-bond donors (Lipinski definition) is 1. The molecule has 3 heterocycles. The van der Waals surface area contributed by atoms with Crippen molar-refractivity contribution in [1.82, 2.24) is 19.9 Å². The van der Waals surface area contributed by atoms with Crippen LogP contribution in [0.5, 0.6) is 0 Å². The summed E-state index contributed by atoms with van der Waals surface area (Å²) in [6.45, 7) is 11.8. The lowest BCUT2D eigenvalue weighted by Gasteiger charge is -2.35. The number of aryl methyl sites for hydroxylation is 1. The second kappa shape index (κ2) is 10.2. The number of aromatic nitrogens is 3. The van der Waals surface area contributed by atoms with Gasteiger partial charge in [-0.1, -0.05) is 61.9 Å². The maximum atomic E-state index is 13.7. The summed E-state index contributed by atoms with van der Waals surface area (Å²) in [5.41, 5.74) is 13.1. The van der Waals surface area contributed by atoms with Gasteiger partial charge in [-0.3, -0.25) is 9.69 Å². The Balaban J connectivity index is 1.31. The molecule has 7 nitrogen and oxygen atoms in total. The van der Waals surface area contributed by atoms with E-state index in [9.17, 15) is 4.79 Å². The number of nitrogens with zero attached hydrogens (tertiary/aromatic N) is 5. The molecule has 7 heteroatoms. The van der Waals surface area contributed by atoms with Crippen molar-refractivity contribution >= 4 is 17.5 Å². The van der Waals surface area contributed by atoms with Crippen molar-refractivity contribution in [3.8, 4) is 33.6 Å². The summed E-state index contributed by atoms with van der Waals surface area (Å²) >= 11 is 0. The standard InChI is InChI=1S/C32H34N6O/c1-20(2)13-14-37-15-17-38(18-16-37)26-12-11-23(19-34-26)24-5-4-6-25-27(24)30-28(31(25)39)29(35-32(33)36-30)22-9-7-21(3)8-10-22/h4-12,19-20H,13-18H2,1-3H3,(H2,33,35,36). The van der Waals surface area contributed by atoms with Crippen LogP contribution in [-0.4, -0.2) is 58.4 Å². The normalized spacial score (nSPS) is 15.1. The van der Waals surface area contributed by atoms with Gasteiger partial charge in [-0.25, -0.2) is 15.0 Å². The van der Waals surface area contributed by atoms with E-state index in [1.807, 2.05) is 55.6 Å². The number of fused-ring (bicyclic) bond motifs is 3. The van der Waals surface area contributed by atoms with Crippen molar-refractivity contribution in [2.45, 2.75) is 27.2 Å². The van der Waals surface area contributed by atoms with Crippen molar-refractivity contribution in [1.29, 1.82) is 0 Å². The average molecular weight is 519 g/mol. The maximum Gasteiger partial charge on any atom is 0.221 e. The Morgan fingerprint density at radius 3 is 2.23 bits per heavy atom. The number of hydrogen-bond acceptors (Lipinski definition) is 7. The first-order chi connectivity index (χ1) is 18.9. The third-order valence-electron chi connectivity index (χ3n) is 7.80. The van der Waals surface area contributed by atoms with Crippen molar-refractivity contribution in [3.05, 3.63) is 77.5 Å². The van der Waals surface area contributed by atoms with Gasteiger partial charge in [0, 0.05) is 54.6 Å². The number of piperazine rings is 1. The van der Waals surface area contributed by atoms with E-state index >= 15 is 0 Å². The molecule has 0 radical (unpaired) electrons. The van der Waals surface area contributed by atoms with E-state index in [4.69, 9.17) is 10.7 Å². The van der Waals surface area contributed by atoms with E-state index < -0.39 is 0 Å². The Labute approximate surface area is 229 Å². The second-order valence-electron chi connectivity index (χ2n) is 11.0. The summed E-state index contributed by atoms with van der Waals surface area (Å²) in [5, 5.41) is 0. The molecule has 0 saturated carbocycles. The van der Waals surface area contributed by atoms with Crippen molar-refractivity contribution in [2.75, 3.05) is 43.4 Å². The highest BCUT2D eigenvalue weighted by Gasteiger charge is 2.34. The lowest BCUT2D eigenvalue weighted by molar-refractivity contribution is 0.104. The van der Waals surface area contributed by atoms with Gasteiger partial charge in [-0.05, 0) is 43.5 Å². The molecule has 0 bridgehead atoms. The van der Waals surface area contributed by atoms with Gasteiger partial charge in [-0.2, -0.15) is 0 Å². The number of nitrogens with two attached hydrogens (primary N) is 1. The molecule has 0 spiro atoms. The first-order valence-electron chi connectivity index (χ1n) is 13.8. The van der Waals surface area contributed by atoms with Gasteiger partial charge in [0.15, 0.2) is 5.78 Å². The van der Waals surface area contributed by atoms with Gasteiger partial charge < -0.3 is 10.6 Å². The predicted octanol–water partition coefficient (Wildman–Crippen LogP) is 5.48. The Kier molecular flexibility index (Phi) is 6.61. The van der Waals surface area contributed by atoms with Crippen LogP contribution in [0.25, 0.3) is 33.6 Å². The molecule has 1 aliphatic carbocycles. The predicted molar refractivity (Wildman–Crippen MR) is 157 cm³/mol. The topological polar surface area (TPSA) is 88.2 Å². The molecule has 6 rings (SSSR count). The molecule has 1 saturated heterocycles. The van der Waals surface area contributed by atoms with E-state index in [1.165, 1.54) is 6.42 Å². The third-order valence-corrected chi connectivity index (χ3v) is 7.80. The molecule has 0 amide bonds. The van der Waals surface area contributed by atoms with Crippen LogP contribution < -0.4 is 10.6 Å². The highest BCUT2D eigenvalue weighted by molar-refractivity contribution is 6.25. The Bertz CT molecular complexity index is 1520. The van der Waals surface area contributed by atoms with E-state index in [-0.39, 0.29) is 11.7 Å². The van der Waals surface area contributed by atoms with E-state index in [2.05, 4.69) is 45.7 Å². The molecule has 0 atom stereocenters. The van der Waals surface area contributed by atoms with Crippen LogP contribution in [-0.2, 0) is 0 Å². The summed E-state index contributed by atoms with van der Waals surface area (Å²) < 4.78 is 0. The molecule has 2 aromatic carbocycles. The van der Waals surface area contributed by atoms with E-state index in [0.29, 0.717) is 22.5 Å². The summed E-state index contributed by atoms with van der Waals surface area (Å²) in [5.74, 6) is 1.80. The highest BCUT2D eigenvalue weighted by Crippen LogP contribution is 2.45. The maximum absolute atomic E-state index is 13.7. The lowest BCUT2D eigenvalue weighted by Crippen LogP contribution is -2.47. The van der Waals surface area contributed by atoms with Gasteiger partial charge in [0.05, 0.1) is 17.0 Å². The highest BCUT2D eigenvalue weighted by atomic mass is 16.1. The number of carbonyl (C=O) groups is 1. The Morgan fingerprint density at radius 2 is 1.54 bits per heavy atom. The van der Waals surface area contributed by atoms with Crippen LogP contribution in [0.15, 0.2) is 60.8 Å². The fourth-order valence-corrected chi connectivity index (χ4v) is 5.54. The summed E-state index contributed by atoms with van der Waals surface area (Å²) in [4.78, 5) is 32.5. The molecular weight excluding hydrogens is 484 g/mol. The third kappa shape index (κ3) is 4.79. The monoisotopic (exact) mass is 518 g/mol. The summed E-state index contributed by atoms with van der Waals surface area (Å²) in [6, 6.07) is 18.0. The average Bonchev–Trinajstić information content (AvgIpc) is 3.24. The van der Waals surface area contributed by atoms with Gasteiger partial charge in [0.25, 0.3) is 0 Å². The molecule has 2 N–H and O–H groups in total. The molecule has 2 aliphatic rings. The molecule has 0 unspecified atom stereocenters. The minimum absolute atomic E-state index is 0.0719. The van der Waals surface area contributed by atoms with Crippen molar-refractivity contribution in [3.63, 3.8) is 0 Å². The minimum atomic E-state index is -0.0719. The number of benzene rings is 2. The zero-order chi connectivity index (χ0) is 27.1. The number of rotatable bonds is 6. The first-order valence-corrected chi connectivity index (χ1v) is 13.8. The molecule has 1 fully saturated rings. The SMILES string of the molecule is Cc1ccc(-c2nc(N)nc3c2C(=O)c2cccc(-c4ccc(N5CCN(CCC(C)C)CC5)nc4)c2-3)cc1. The smallest absolute Gasteiger partial charge is 0.221 e. The Morgan fingerprint density at radius 1 is 0.846 bits per heavy atom. The lowest BCUT2D eigenvalue weighted by atomic mass is 9.97. The summed E-state index contributed by atoms with van der Waals surface area (Å²) in [7, 11) is 0. The zero-order valence-electron chi connectivity index (χ0n) is 22.8. The van der Waals surface area contributed by atoms with Crippen molar-refractivity contribution in [2.24, 2.45) is 5.92 Å². The molecule has 39 heavy (non-hydrogen) atoms. The largest absolute Gasteiger partial charge is 0.368 e. The second-order valence-corrected chi connectivity index (χ2v) is 11.0. The van der Waals surface area contributed by atoms with Crippen LogP contribution in [0.4, 0.5) is 11.8 Å². The van der Waals surface area contributed by atoms with E-state index in [1.54, 1.807) is 0 Å². The quantitative estimate of drug-likeness (QED) is 0.319. The van der Waals surface area contributed by atoms with Crippen LogP contribution in [0.2, 0.25) is 0 Å². The number of nitrogen functional groups attached to an aromatic ring is 1. The minimum Gasteiger partial charge on any atom is -0.368 e. The fraction of sp³-hybridized carbons (Fsp3) is 0.312. The molecular formula is C32H34N6O. The number of carbonyl (C=O) groups excluding carboxylic acids is 1. The molecule has 4 aromatic rings. The Hall–Kier alpha value is -4.10. The molecule has 198 valence electrons. The molecule has 1 aliphatic heterocycles. The van der Waals surface area contributed by atoms with Gasteiger partial charge in [0.1, 0.15) is 5.82 Å². The number of anilines is 2. The number of ketones is 1. The van der Waals surface area contributed by atoms with Crippen LogP contribution in [0.3, 0.4) is 0 Å². The van der Waals surface area contributed by atoms with Crippen LogP contribution >= 0.6 is 0 Å². The first kappa shape index (κ1) is 25.2. The van der Waals surface area contributed by atoms with Gasteiger partial charge in [-0.15, -0.1) is 0 Å². The van der Waals surface area contributed by atoms with Crippen LogP contribution in [0.1, 0.15) is 41.8 Å². The summed E-state index contributed by atoms with van der Waals surface area (Å²) in [6.07, 6.45) is 3.15. The van der Waals surface area contributed by atoms with Crippen molar-refractivity contribution < 1.29 is 4.79 Å². The van der Waals surface area contributed by atoms with Crippen LogP contribution in [0, 0.1) is 12.8 Å². The van der Waals surface area contributed by atoms with E-state index in [0.717, 1.165) is 72.3 Å². The van der Waals surface area contributed by atoms with Gasteiger partial charge >= 0.3 is 0 Å². The molecule has 2 aromatic heterocycles. The number of pyridine rings is 1. The fourth-order valence-electron chi connectivity index (χ4n) is 5.54. The van der Waals surface area contributed by atoms with Gasteiger partial charge in [0.2, 0.25) is 5.95 Å².